The average Bonchev–Trinajstić information content (AvgIpc) is 3.25. The van der Waals surface area contributed by atoms with Gasteiger partial charge in [0, 0.05) is 12.0 Å². The van der Waals surface area contributed by atoms with E-state index in [2.05, 4.69) is 36.3 Å². The third kappa shape index (κ3) is 4.90. The van der Waals surface area contributed by atoms with E-state index >= 15 is 0 Å². The van der Waals surface area contributed by atoms with Gasteiger partial charge in [-0.2, -0.15) is 0 Å². The standard InChI is InChI=1S/C19H28N4O2S/c1-13(2)18-21-22-19(23(18)11-16-5-4-10-25-16)26-12-17(24)20-15-8-6-14(3)7-9-15/h4-5,10,13-15H,6-9,11-12H2,1-3H3,(H,20,24). The Hall–Kier alpha value is -1.76. The first-order valence-electron chi connectivity index (χ1n) is 9.40. The number of amides is 1. The molecule has 142 valence electrons. The van der Waals surface area contributed by atoms with Crippen LogP contribution in [0.4, 0.5) is 0 Å². The molecule has 7 heteroatoms. The minimum absolute atomic E-state index is 0.0770. The zero-order valence-electron chi connectivity index (χ0n) is 15.8. The lowest BCUT2D eigenvalue weighted by molar-refractivity contribution is -0.119. The van der Waals surface area contributed by atoms with E-state index in [9.17, 15) is 4.79 Å². The Kier molecular flexibility index (Phi) is 6.40. The van der Waals surface area contributed by atoms with Gasteiger partial charge in [0.25, 0.3) is 0 Å². The first-order chi connectivity index (χ1) is 12.5. The second-order valence-electron chi connectivity index (χ2n) is 7.47. The molecule has 3 rings (SSSR count). The number of furan rings is 1. The van der Waals surface area contributed by atoms with Gasteiger partial charge in [-0.05, 0) is 43.7 Å². The third-order valence-electron chi connectivity index (χ3n) is 4.87. The van der Waals surface area contributed by atoms with Gasteiger partial charge in [-0.3, -0.25) is 9.36 Å². The van der Waals surface area contributed by atoms with E-state index in [1.165, 1.54) is 24.6 Å². The average molecular weight is 377 g/mol. The van der Waals surface area contributed by atoms with Crippen LogP contribution >= 0.6 is 11.8 Å². The van der Waals surface area contributed by atoms with E-state index in [1.807, 2.05) is 16.7 Å². The molecule has 0 bridgehead atoms. The van der Waals surface area contributed by atoms with Gasteiger partial charge in [-0.1, -0.05) is 32.5 Å². The molecule has 0 spiro atoms. The number of carbonyl (C=O) groups is 1. The van der Waals surface area contributed by atoms with Crippen molar-refractivity contribution in [2.45, 2.75) is 70.1 Å². The van der Waals surface area contributed by atoms with Crippen molar-refractivity contribution >= 4 is 17.7 Å². The lowest BCUT2D eigenvalue weighted by Gasteiger charge is -2.26. The molecule has 0 radical (unpaired) electrons. The summed E-state index contributed by atoms with van der Waals surface area (Å²) < 4.78 is 7.51. The van der Waals surface area contributed by atoms with Crippen molar-refractivity contribution in [3.63, 3.8) is 0 Å². The fourth-order valence-electron chi connectivity index (χ4n) is 3.34. The Labute approximate surface area is 159 Å². The Morgan fingerprint density at radius 3 is 2.77 bits per heavy atom. The van der Waals surface area contributed by atoms with Gasteiger partial charge >= 0.3 is 0 Å². The second kappa shape index (κ2) is 8.75. The van der Waals surface area contributed by atoms with Crippen LogP contribution in [-0.2, 0) is 11.3 Å². The van der Waals surface area contributed by atoms with Crippen LogP contribution in [0, 0.1) is 5.92 Å². The molecule has 1 aliphatic carbocycles. The van der Waals surface area contributed by atoms with Crippen molar-refractivity contribution < 1.29 is 9.21 Å². The maximum absolute atomic E-state index is 12.3. The van der Waals surface area contributed by atoms with Crippen LogP contribution in [0.25, 0.3) is 0 Å². The third-order valence-corrected chi connectivity index (χ3v) is 5.84. The Morgan fingerprint density at radius 1 is 1.35 bits per heavy atom. The summed E-state index contributed by atoms with van der Waals surface area (Å²) in [4.78, 5) is 12.3. The van der Waals surface area contributed by atoms with Crippen LogP contribution in [0.15, 0.2) is 28.0 Å². The Bertz CT molecular complexity index is 703. The molecule has 1 N–H and O–H groups in total. The van der Waals surface area contributed by atoms with Crippen LogP contribution in [-0.4, -0.2) is 32.5 Å². The number of hydrogen-bond acceptors (Lipinski definition) is 5. The quantitative estimate of drug-likeness (QED) is 0.744. The molecule has 0 atom stereocenters. The predicted octanol–water partition coefficient (Wildman–Crippen LogP) is 3.83. The van der Waals surface area contributed by atoms with Gasteiger partial charge in [0.05, 0.1) is 18.6 Å². The normalized spacial score (nSPS) is 20.5. The minimum Gasteiger partial charge on any atom is -0.467 e. The number of carbonyl (C=O) groups excluding carboxylic acids is 1. The van der Waals surface area contributed by atoms with Crippen LogP contribution < -0.4 is 5.32 Å². The van der Waals surface area contributed by atoms with E-state index in [0.29, 0.717) is 18.3 Å². The maximum atomic E-state index is 12.3. The van der Waals surface area contributed by atoms with Crippen LogP contribution in [0.5, 0.6) is 0 Å². The monoisotopic (exact) mass is 376 g/mol. The SMILES string of the molecule is CC1CCC(NC(=O)CSc2nnc(C(C)C)n2Cc2ccco2)CC1. The van der Waals surface area contributed by atoms with Crippen molar-refractivity contribution in [3.05, 3.63) is 30.0 Å². The molecule has 0 saturated heterocycles. The van der Waals surface area contributed by atoms with Gasteiger partial charge in [-0.25, -0.2) is 0 Å². The fraction of sp³-hybridized carbons (Fsp3) is 0.632. The molecule has 26 heavy (non-hydrogen) atoms. The summed E-state index contributed by atoms with van der Waals surface area (Å²) in [5, 5.41) is 12.5. The zero-order valence-corrected chi connectivity index (χ0v) is 16.6. The second-order valence-corrected chi connectivity index (χ2v) is 8.42. The lowest BCUT2D eigenvalue weighted by atomic mass is 9.87. The summed E-state index contributed by atoms with van der Waals surface area (Å²) in [5.41, 5.74) is 0. The molecular weight excluding hydrogens is 348 g/mol. The smallest absolute Gasteiger partial charge is 0.230 e. The van der Waals surface area contributed by atoms with Crippen molar-refractivity contribution in [2.75, 3.05) is 5.75 Å². The molecule has 0 aromatic carbocycles. The largest absolute Gasteiger partial charge is 0.467 e. The van der Waals surface area contributed by atoms with Gasteiger partial charge in [0.2, 0.25) is 5.91 Å². The van der Waals surface area contributed by atoms with Crippen LogP contribution in [0.3, 0.4) is 0 Å². The summed E-state index contributed by atoms with van der Waals surface area (Å²) in [6.45, 7) is 7.05. The number of hydrogen-bond donors (Lipinski definition) is 1. The van der Waals surface area contributed by atoms with Gasteiger partial charge in [-0.15, -0.1) is 10.2 Å². The number of thioether (sulfide) groups is 1. The van der Waals surface area contributed by atoms with Crippen LogP contribution in [0.2, 0.25) is 0 Å². The van der Waals surface area contributed by atoms with E-state index < -0.39 is 0 Å². The zero-order chi connectivity index (χ0) is 18.5. The molecule has 0 aliphatic heterocycles. The van der Waals surface area contributed by atoms with Gasteiger partial charge < -0.3 is 9.73 Å². The Morgan fingerprint density at radius 2 is 2.12 bits per heavy atom. The molecule has 0 unspecified atom stereocenters. The molecule has 1 aliphatic rings. The summed E-state index contributed by atoms with van der Waals surface area (Å²) in [7, 11) is 0. The lowest BCUT2D eigenvalue weighted by Crippen LogP contribution is -2.38. The summed E-state index contributed by atoms with van der Waals surface area (Å²) >= 11 is 1.44. The van der Waals surface area contributed by atoms with E-state index in [0.717, 1.165) is 35.5 Å². The van der Waals surface area contributed by atoms with Crippen molar-refractivity contribution in [3.8, 4) is 0 Å². The highest BCUT2D eigenvalue weighted by Crippen LogP contribution is 2.25. The number of rotatable bonds is 7. The summed E-state index contributed by atoms with van der Waals surface area (Å²) in [6.07, 6.45) is 6.24. The first-order valence-corrected chi connectivity index (χ1v) is 10.4. The number of aromatic nitrogens is 3. The van der Waals surface area contributed by atoms with E-state index in [4.69, 9.17) is 4.42 Å². The molecule has 2 aromatic rings. The Balaban J connectivity index is 1.59. The molecule has 6 nitrogen and oxygen atoms in total. The van der Waals surface area contributed by atoms with Gasteiger partial charge in [0.15, 0.2) is 5.16 Å². The summed E-state index contributed by atoms with van der Waals surface area (Å²) in [5.74, 6) is 3.24. The van der Waals surface area contributed by atoms with E-state index in [1.54, 1.807) is 6.26 Å². The topological polar surface area (TPSA) is 73.0 Å². The molecule has 2 heterocycles. The molecule has 1 saturated carbocycles. The highest BCUT2D eigenvalue weighted by atomic mass is 32.2. The highest BCUT2D eigenvalue weighted by molar-refractivity contribution is 7.99. The highest BCUT2D eigenvalue weighted by Gasteiger charge is 2.21. The number of nitrogens with one attached hydrogen (secondary N) is 1. The van der Waals surface area contributed by atoms with Crippen molar-refractivity contribution in [2.24, 2.45) is 5.92 Å². The number of nitrogens with zero attached hydrogens (tertiary/aromatic N) is 3. The molecule has 1 fully saturated rings. The predicted molar refractivity (Wildman–Crippen MR) is 102 cm³/mol. The molecular formula is C19H28N4O2S. The first kappa shape index (κ1) is 19.0. The molecule has 2 aromatic heterocycles. The van der Waals surface area contributed by atoms with Crippen LogP contribution in [0.1, 0.15) is 64.0 Å². The van der Waals surface area contributed by atoms with Gasteiger partial charge in [0.1, 0.15) is 11.6 Å². The molecule has 1 amide bonds. The van der Waals surface area contributed by atoms with Crippen molar-refractivity contribution in [1.82, 2.24) is 20.1 Å². The van der Waals surface area contributed by atoms with Crippen molar-refractivity contribution in [1.29, 1.82) is 0 Å². The summed E-state index contributed by atoms with van der Waals surface area (Å²) in [6, 6.07) is 4.14. The fourth-order valence-corrected chi connectivity index (χ4v) is 4.10. The van der Waals surface area contributed by atoms with E-state index in [-0.39, 0.29) is 11.8 Å². The minimum atomic E-state index is 0.0770. The maximum Gasteiger partial charge on any atom is 0.230 e.